The zero-order chi connectivity index (χ0) is 15.8. The third-order valence-electron chi connectivity index (χ3n) is 4.09. The summed E-state index contributed by atoms with van der Waals surface area (Å²) >= 11 is 0. The first-order valence-corrected chi connectivity index (χ1v) is 8.10. The number of anilines is 1. The summed E-state index contributed by atoms with van der Waals surface area (Å²) in [6.45, 7) is 0.812. The lowest BCUT2D eigenvalue weighted by Gasteiger charge is -2.16. The van der Waals surface area contributed by atoms with Crippen LogP contribution in [0, 0.1) is 5.92 Å². The number of amides is 2. The Morgan fingerprint density at radius 1 is 1.09 bits per heavy atom. The first kappa shape index (κ1) is 16.5. The van der Waals surface area contributed by atoms with E-state index in [9.17, 15) is 9.59 Å². The average Bonchev–Trinajstić information content (AvgIpc) is 2.82. The maximum Gasteiger partial charge on any atom is 0.253 e. The number of hydrogen-bond acceptors (Lipinski definition) is 3. The van der Waals surface area contributed by atoms with Crippen LogP contribution in [-0.2, 0) is 4.79 Å². The summed E-state index contributed by atoms with van der Waals surface area (Å²) in [4.78, 5) is 24.6. The molecule has 0 radical (unpaired) electrons. The van der Waals surface area contributed by atoms with Crippen molar-refractivity contribution in [2.75, 3.05) is 18.4 Å². The number of para-hydroxylation sites is 1. The van der Waals surface area contributed by atoms with Crippen LogP contribution in [-0.4, -0.2) is 24.9 Å². The molecule has 1 aliphatic carbocycles. The smallest absolute Gasteiger partial charge is 0.253 e. The highest BCUT2D eigenvalue weighted by molar-refractivity contribution is 6.04. The predicted molar refractivity (Wildman–Crippen MR) is 87.7 cm³/mol. The SMILES string of the molecule is NCCNC(=O)c1ccccc1NC(=O)C1CCCCCC1. The van der Waals surface area contributed by atoms with Gasteiger partial charge in [-0.05, 0) is 25.0 Å². The van der Waals surface area contributed by atoms with Crippen LogP contribution in [0.2, 0.25) is 0 Å². The predicted octanol–water partition coefficient (Wildman–Crippen LogP) is 2.28. The molecule has 5 nitrogen and oxygen atoms in total. The second-order valence-corrected chi connectivity index (χ2v) is 5.77. The highest BCUT2D eigenvalue weighted by atomic mass is 16.2. The normalized spacial score (nSPS) is 15.9. The van der Waals surface area contributed by atoms with Crippen LogP contribution in [0.25, 0.3) is 0 Å². The quantitative estimate of drug-likeness (QED) is 0.730. The summed E-state index contributed by atoms with van der Waals surface area (Å²) < 4.78 is 0. The van der Waals surface area contributed by atoms with Gasteiger partial charge in [-0.3, -0.25) is 9.59 Å². The molecule has 2 amide bonds. The first-order valence-electron chi connectivity index (χ1n) is 8.10. The van der Waals surface area contributed by atoms with Crippen molar-refractivity contribution < 1.29 is 9.59 Å². The van der Waals surface area contributed by atoms with Crippen molar-refractivity contribution in [2.45, 2.75) is 38.5 Å². The van der Waals surface area contributed by atoms with Gasteiger partial charge in [-0.1, -0.05) is 37.8 Å². The molecule has 0 spiro atoms. The summed E-state index contributed by atoms with van der Waals surface area (Å²) in [7, 11) is 0. The number of rotatable bonds is 5. The Balaban J connectivity index is 2.05. The molecule has 120 valence electrons. The van der Waals surface area contributed by atoms with Gasteiger partial charge in [0, 0.05) is 19.0 Å². The lowest BCUT2D eigenvalue weighted by Crippen LogP contribution is -2.30. The van der Waals surface area contributed by atoms with Gasteiger partial charge in [0.15, 0.2) is 0 Å². The van der Waals surface area contributed by atoms with E-state index in [1.54, 1.807) is 18.2 Å². The van der Waals surface area contributed by atoms with E-state index >= 15 is 0 Å². The minimum Gasteiger partial charge on any atom is -0.351 e. The van der Waals surface area contributed by atoms with Gasteiger partial charge in [-0.15, -0.1) is 0 Å². The lowest BCUT2D eigenvalue weighted by molar-refractivity contribution is -0.120. The molecule has 5 heteroatoms. The van der Waals surface area contributed by atoms with Crippen LogP contribution < -0.4 is 16.4 Å². The van der Waals surface area contributed by atoms with Gasteiger partial charge in [-0.25, -0.2) is 0 Å². The maximum absolute atomic E-state index is 12.4. The summed E-state index contributed by atoms with van der Waals surface area (Å²) in [5, 5.41) is 5.67. The molecule has 2 rings (SSSR count). The van der Waals surface area contributed by atoms with Gasteiger partial charge in [-0.2, -0.15) is 0 Å². The fourth-order valence-corrected chi connectivity index (χ4v) is 2.85. The topological polar surface area (TPSA) is 84.2 Å². The van der Waals surface area contributed by atoms with E-state index in [1.807, 2.05) is 6.07 Å². The summed E-state index contributed by atoms with van der Waals surface area (Å²) in [5.41, 5.74) is 6.46. The molecule has 4 N–H and O–H groups in total. The molecule has 0 aromatic heterocycles. The molecule has 22 heavy (non-hydrogen) atoms. The van der Waals surface area contributed by atoms with Crippen LogP contribution in [0.1, 0.15) is 48.9 Å². The van der Waals surface area contributed by atoms with Crippen molar-refractivity contribution in [1.29, 1.82) is 0 Å². The Hall–Kier alpha value is -1.88. The third kappa shape index (κ3) is 4.56. The summed E-state index contributed by atoms with van der Waals surface area (Å²) in [6.07, 6.45) is 6.51. The van der Waals surface area contributed by atoms with Gasteiger partial charge in [0.1, 0.15) is 0 Å². The third-order valence-corrected chi connectivity index (χ3v) is 4.09. The molecular weight excluding hydrogens is 278 g/mol. The molecule has 1 aromatic rings. The number of nitrogens with two attached hydrogens (primary N) is 1. The molecule has 0 aliphatic heterocycles. The number of carbonyl (C=O) groups is 2. The average molecular weight is 303 g/mol. The number of nitrogens with one attached hydrogen (secondary N) is 2. The monoisotopic (exact) mass is 303 g/mol. The summed E-state index contributed by atoms with van der Waals surface area (Å²) in [5.74, 6) is -0.120. The fraction of sp³-hybridized carbons (Fsp3) is 0.529. The van der Waals surface area contributed by atoms with Crippen LogP contribution in [0.5, 0.6) is 0 Å². The molecule has 1 saturated carbocycles. The minimum atomic E-state index is -0.206. The molecule has 1 aliphatic rings. The Morgan fingerprint density at radius 3 is 2.45 bits per heavy atom. The zero-order valence-electron chi connectivity index (χ0n) is 12.9. The van der Waals surface area contributed by atoms with Gasteiger partial charge >= 0.3 is 0 Å². The molecule has 0 bridgehead atoms. The van der Waals surface area contributed by atoms with E-state index in [1.165, 1.54) is 12.8 Å². The van der Waals surface area contributed by atoms with Crippen molar-refractivity contribution in [3.8, 4) is 0 Å². The maximum atomic E-state index is 12.4. The van der Waals surface area contributed by atoms with Gasteiger partial charge in [0.25, 0.3) is 5.91 Å². The Labute approximate surface area is 131 Å². The van der Waals surface area contributed by atoms with E-state index in [2.05, 4.69) is 10.6 Å². The van der Waals surface area contributed by atoms with E-state index in [0.29, 0.717) is 24.3 Å². The highest BCUT2D eigenvalue weighted by Crippen LogP contribution is 2.25. The second-order valence-electron chi connectivity index (χ2n) is 5.77. The Kier molecular flexibility index (Phi) is 6.40. The molecule has 1 aromatic carbocycles. The van der Waals surface area contributed by atoms with Crippen molar-refractivity contribution in [3.63, 3.8) is 0 Å². The Morgan fingerprint density at radius 2 is 1.77 bits per heavy atom. The van der Waals surface area contributed by atoms with Gasteiger partial charge in [0.05, 0.1) is 11.3 Å². The minimum absolute atomic E-state index is 0.0287. The Bertz CT molecular complexity index is 508. The van der Waals surface area contributed by atoms with E-state index in [0.717, 1.165) is 25.7 Å². The molecule has 0 atom stereocenters. The van der Waals surface area contributed by atoms with Crippen molar-refractivity contribution in [1.82, 2.24) is 5.32 Å². The molecule has 1 fully saturated rings. The van der Waals surface area contributed by atoms with Crippen LogP contribution in [0.3, 0.4) is 0 Å². The van der Waals surface area contributed by atoms with Crippen LogP contribution in [0.4, 0.5) is 5.69 Å². The molecular formula is C17H25N3O2. The number of hydrogen-bond donors (Lipinski definition) is 3. The molecule has 0 unspecified atom stereocenters. The number of benzene rings is 1. The molecule has 0 saturated heterocycles. The standard InChI is InChI=1S/C17H25N3O2/c18-11-12-19-17(22)14-9-5-6-10-15(14)20-16(21)13-7-3-1-2-4-8-13/h5-6,9-10,13H,1-4,7-8,11-12,18H2,(H,19,22)(H,20,21). The number of carbonyl (C=O) groups excluding carboxylic acids is 2. The highest BCUT2D eigenvalue weighted by Gasteiger charge is 2.21. The largest absolute Gasteiger partial charge is 0.351 e. The lowest BCUT2D eigenvalue weighted by atomic mass is 9.99. The summed E-state index contributed by atoms with van der Waals surface area (Å²) in [6, 6.07) is 7.10. The van der Waals surface area contributed by atoms with Gasteiger partial charge < -0.3 is 16.4 Å². The van der Waals surface area contributed by atoms with E-state index in [4.69, 9.17) is 5.73 Å². The first-order chi connectivity index (χ1) is 10.7. The van der Waals surface area contributed by atoms with Crippen molar-refractivity contribution >= 4 is 17.5 Å². The van der Waals surface area contributed by atoms with E-state index in [-0.39, 0.29) is 17.7 Å². The van der Waals surface area contributed by atoms with Gasteiger partial charge in [0.2, 0.25) is 5.91 Å². The van der Waals surface area contributed by atoms with Crippen molar-refractivity contribution in [3.05, 3.63) is 29.8 Å². The molecule has 0 heterocycles. The van der Waals surface area contributed by atoms with Crippen LogP contribution in [0.15, 0.2) is 24.3 Å². The zero-order valence-corrected chi connectivity index (χ0v) is 12.9. The fourth-order valence-electron chi connectivity index (χ4n) is 2.85. The van der Waals surface area contributed by atoms with Crippen LogP contribution >= 0.6 is 0 Å². The second kappa shape index (κ2) is 8.54. The van der Waals surface area contributed by atoms with Crippen molar-refractivity contribution in [2.24, 2.45) is 11.7 Å². The van der Waals surface area contributed by atoms with E-state index < -0.39 is 0 Å².